The van der Waals surface area contributed by atoms with Crippen LogP contribution in [0.5, 0.6) is 11.5 Å². The number of nitrogens with two attached hydrogens (primary N) is 1. The number of hydrogen-bond acceptors (Lipinski definition) is 9. The summed E-state index contributed by atoms with van der Waals surface area (Å²) < 4.78 is 33.3. The van der Waals surface area contributed by atoms with Crippen molar-refractivity contribution in [3.05, 3.63) is 52.9 Å². The summed E-state index contributed by atoms with van der Waals surface area (Å²) in [6.45, 7) is 6.69. The molecule has 3 aliphatic rings. The molecule has 2 atom stereocenters. The van der Waals surface area contributed by atoms with Crippen LogP contribution in [-0.2, 0) is 17.5 Å². The smallest absolute Gasteiger partial charge is 0.231 e. The van der Waals surface area contributed by atoms with E-state index in [4.69, 9.17) is 20.2 Å². The number of hydrogen-bond donors (Lipinski definition) is 2. The third kappa shape index (κ3) is 5.39. The van der Waals surface area contributed by atoms with Crippen LogP contribution >= 0.6 is 11.8 Å². The van der Waals surface area contributed by atoms with Gasteiger partial charge in [-0.1, -0.05) is 31.3 Å². The lowest BCUT2D eigenvalue weighted by Crippen LogP contribution is -2.35. The van der Waals surface area contributed by atoms with Crippen LogP contribution in [-0.4, -0.2) is 38.3 Å². The second-order valence-electron chi connectivity index (χ2n) is 7.98. The first-order valence-corrected chi connectivity index (χ1v) is 13.0. The van der Waals surface area contributed by atoms with Crippen molar-refractivity contribution in [3.63, 3.8) is 0 Å². The molecule has 178 valence electrons. The van der Waals surface area contributed by atoms with Crippen molar-refractivity contribution in [1.29, 1.82) is 0 Å². The van der Waals surface area contributed by atoms with Gasteiger partial charge in [0.15, 0.2) is 22.8 Å². The Morgan fingerprint density at radius 1 is 1.39 bits per heavy atom. The molecule has 1 fully saturated rings. The summed E-state index contributed by atoms with van der Waals surface area (Å²) in [6, 6.07) is 4.09. The number of unbranched alkanes of at least 4 members (excludes halogenated alkanes) is 1. The van der Waals surface area contributed by atoms with Gasteiger partial charge in [-0.05, 0) is 72.2 Å². The van der Waals surface area contributed by atoms with E-state index in [-0.39, 0.29) is 17.2 Å². The van der Waals surface area contributed by atoms with Gasteiger partial charge < -0.3 is 30.0 Å². The topological polar surface area (TPSA) is 112 Å². The van der Waals surface area contributed by atoms with Gasteiger partial charge in [0.25, 0.3) is 0 Å². The number of allylic oxidation sites excluding steroid dienone is 3. The maximum atomic E-state index is 11.1. The molecular formula is C23H29N4O4S2-. The van der Waals surface area contributed by atoms with Gasteiger partial charge in [-0.2, -0.15) is 0 Å². The van der Waals surface area contributed by atoms with E-state index in [1.807, 2.05) is 18.3 Å². The molecule has 0 aromatic heterocycles. The Labute approximate surface area is 201 Å². The lowest BCUT2D eigenvalue weighted by molar-refractivity contribution is 0.174. The average Bonchev–Trinajstić information content (AvgIpc) is 3.38. The van der Waals surface area contributed by atoms with Crippen molar-refractivity contribution >= 4 is 28.7 Å². The molecular weight excluding hydrogens is 460 g/mol. The minimum atomic E-state index is -2.22. The van der Waals surface area contributed by atoms with Crippen molar-refractivity contribution in [1.82, 2.24) is 10.2 Å². The number of nitrogens with one attached hydrogen (secondary N) is 1. The highest BCUT2D eigenvalue weighted by Crippen LogP contribution is 2.41. The molecule has 33 heavy (non-hydrogen) atoms. The number of amidine groups is 1. The SMILES string of the molecule is C=C(CCCCN1C2=NC=CCCC(N)=C2NC1Sc1cc2c(cc1CC)OCO2)S(=O)[O-]. The summed E-state index contributed by atoms with van der Waals surface area (Å²) in [5.41, 5.74) is 9.17. The van der Waals surface area contributed by atoms with Gasteiger partial charge in [0.05, 0.1) is 5.70 Å². The lowest BCUT2D eigenvalue weighted by atomic mass is 10.1. The zero-order valence-corrected chi connectivity index (χ0v) is 20.3. The highest BCUT2D eigenvalue weighted by atomic mass is 32.2. The molecule has 0 spiro atoms. The predicted molar refractivity (Wildman–Crippen MR) is 130 cm³/mol. The maximum Gasteiger partial charge on any atom is 0.231 e. The largest absolute Gasteiger partial charge is 0.769 e. The molecule has 3 aliphatic heterocycles. The van der Waals surface area contributed by atoms with Gasteiger partial charge in [0.1, 0.15) is 0 Å². The minimum Gasteiger partial charge on any atom is -0.769 e. The standard InChI is InChI=1S/C23H30N4O4S2/c1-3-16-12-18-19(31-14-30-18)13-20(16)32-23-26-21-17(24)9-4-6-10-25-22(21)27(23)11-7-5-8-15(2)33(28)29/h6,10,12-13,23,26H,2-5,7-9,11,14,24H2,1H3,(H,28,29)/p-1. The Balaban J connectivity index is 1.57. The molecule has 0 amide bonds. The van der Waals surface area contributed by atoms with Crippen molar-refractivity contribution in [3.8, 4) is 11.5 Å². The van der Waals surface area contributed by atoms with Crippen molar-refractivity contribution in [2.75, 3.05) is 13.3 Å². The molecule has 3 heterocycles. The van der Waals surface area contributed by atoms with Crippen molar-refractivity contribution in [2.45, 2.75) is 55.8 Å². The fraction of sp³-hybridized carbons (Fsp3) is 0.435. The summed E-state index contributed by atoms with van der Waals surface area (Å²) in [6.07, 6.45) is 8.32. The Hall–Kier alpha value is -2.43. The van der Waals surface area contributed by atoms with Crippen molar-refractivity contribution in [2.24, 2.45) is 10.7 Å². The van der Waals surface area contributed by atoms with Gasteiger partial charge in [0, 0.05) is 23.3 Å². The van der Waals surface area contributed by atoms with Crippen LogP contribution in [0.15, 0.2) is 57.2 Å². The highest BCUT2D eigenvalue weighted by molar-refractivity contribution is 8.00. The Kier molecular flexibility index (Phi) is 7.67. The lowest BCUT2D eigenvalue weighted by Gasteiger charge is -2.26. The van der Waals surface area contributed by atoms with Crippen LogP contribution in [0.3, 0.4) is 0 Å². The molecule has 2 unspecified atom stereocenters. The van der Waals surface area contributed by atoms with Crippen LogP contribution in [0.2, 0.25) is 0 Å². The summed E-state index contributed by atoms with van der Waals surface area (Å²) in [5.74, 6) is 2.37. The molecule has 0 radical (unpaired) electrons. The monoisotopic (exact) mass is 489 g/mol. The van der Waals surface area contributed by atoms with Gasteiger partial charge in [-0.15, -0.1) is 0 Å². The Bertz CT molecular complexity index is 1040. The van der Waals surface area contributed by atoms with E-state index >= 15 is 0 Å². The number of nitrogens with zero attached hydrogens (tertiary/aromatic N) is 2. The maximum absolute atomic E-state index is 11.1. The third-order valence-electron chi connectivity index (χ3n) is 5.77. The summed E-state index contributed by atoms with van der Waals surface area (Å²) in [5, 5.41) is 3.59. The summed E-state index contributed by atoms with van der Waals surface area (Å²) >= 11 is -0.526. The molecule has 4 rings (SSSR count). The Morgan fingerprint density at radius 3 is 2.94 bits per heavy atom. The second-order valence-corrected chi connectivity index (χ2v) is 10.2. The molecule has 0 bridgehead atoms. The number of ether oxygens (including phenoxy) is 2. The average molecular weight is 490 g/mol. The zero-order chi connectivity index (χ0) is 23.4. The molecule has 1 aromatic rings. The van der Waals surface area contributed by atoms with Crippen LogP contribution in [0.1, 0.15) is 44.6 Å². The number of benzene rings is 1. The second kappa shape index (κ2) is 10.7. The van der Waals surface area contributed by atoms with E-state index < -0.39 is 11.1 Å². The number of thioether (sulfide) groups is 1. The molecule has 0 saturated carbocycles. The first-order chi connectivity index (χ1) is 16.0. The van der Waals surface area contributed by atoms with Crippen LogP contribution in [0.4, 0.5) is 0 Å². The number of fused-ring (bicyclic) bond motifs is 2. The Morgan fingerprint density at radius 2 is 2.18 bits per heavy atom. The fourth-order valence-corrected chi connectivity index (χ4v) is 5.52. The zero-order valence-electron chi connectivity index (χ0n) is 18.7. The van der Waals surface area contributed by atoms with E-state index in [1.165, 1.54) is 5.56 Å². The first-order valence-electron chi connectivity index (χ1n) is 11.1. The van der Waals surface area contributed by atoms with Crippen LogP contribution < -0.4 is 20.5 Å². The van der Waals surface area contributed by atoms with Gasteiger partial charge >= 0.3 is 0 Å². The summed E-state index contributed by atoms with van der Waals surface area (Å²) in [7, 11) is 0. The molecule has 0 aliphatic carbocycles. The van der Waals surface area contributed by atoms with Crippen LogP contribution in [0.25, 0.3) is 0 Å². The van der Waals surface area contributed by atoms with Gasteiger partial charge in [0.2, 0.25) is 6.79 Å². The van der Waals surface area contributed by atoms with Crippen molar-refractivity contribution < 1.29 is 18.2 Å². The highest BCUT2D eigenvalue weighted by Gasteiger charge is 2.35. The fourth-order valence-electron chi connectivity index (χ4n) is 3.93. The molecule has 10 heteroatoms. The van der Waals surface area contributed by atoms with E-state index in [0.717, 1.165) is 65.7 Å². The predicted octanol–water partition coefficient (Wildman–Crippen LogP) is 3.70. The molecule has 3 N–H and O–H groups in total. The van der Waals surface area contributed by atoms with E-state index in [9.17, 15) is 8.76 Å². The van der Waals surface area contributed by atoms with E-state index in [1.54, 1.807) is 11.8 Å². The first kappa shape index (κ1) is 23.7. The number of rotatable bonds is 9. The van der Waals surface area contributed by atoms with Gasteiger partial charge in [-0.25, -0.2) is 4.99 Å². The molecule has 1 saturated heterocycles. The molecule has 1 aromatic carbocycles. The van der Waals surface area contributed by atoms with E-state index in [0.29, 0.717) is 13.0 Å². The quantitative estimate of drug-likeness (QED) is 0.399. The third-order valence-corrected chi connectivity index (χ3v) is 7.67. The minimum absolute atomic E-state index is 0.105. The number of aryl methyl sites for hydroxylation is 1. The normalized spacial score (nSPS) is 20.1. The number of aliphatic imine (C=N–C) groups is 1. The van der Waals surface area contributed by atoms with Crippen LogP contribution in [0, 0.1) is 0 Å². The van der Waals surface area contributed by atoms with Gasteiger partial charge in [-0.3, -0.25) is 4.21 Å². The summed E-state index contributed by atoms with van der Waals surface area (Å²) in [4.78, 5) is 8.27. The van der Waals surface area contributed by atoms with E-state index in [2.05, 4.69) is 29.8 Å². The molecule has 8 nitrogen and oxygen atoms in total.